The van der Waals surface area contributed by atoms with E-state index in [4.69, 9.17) is 23.2 Å². The Morgan fingerprint density at radius 2 is 1.72 bits per heavy atom. The Labute approximate surface area is 158 Å². The largest absolute Gasteiger partial charge is 0.369 e. The second-order valence-electron chi connectivity index (χ2n) is 6.11. The third kappa shape index (κ3) is 5.11. The van der Waals surface area contributed by atoms with Crippen molar-refractivity contribution in [2.24, 2.45) is 0 Å². The fraction of sp³-hybridized carbons (Fsp3) is 0.316. The Morgan fingerprint density at radius 1 is 1.00 bits per heavy atom. The molecule has 1 N–H and O–H groups in total. The van der Waals surface area contributed by atoms with Crippen LogP contribution < -0.4 is 10.2 Å². The van der Waals surface area contributed by atoms with Crippen molar-refractivity contribution in [1.29, 1.82) is 0 Å². The van der Waals surface area contributed by atoms with Crippen LogP contribution in [0.3, 0.4) is 0 Å². The Morgan fingerprint density at radius 3 is 2.40 bits per heavy atom. The maximum Gasteiger partial charge on any atom is 0.234 e. The summed E-state index contributed by atoms with van der Waals surface area (Å²) >= 11 is 12.0. The molecule has 132 valence electrons. The summed E-state index contributed by atoms with van der Waals surface area (Å²) in [5, 5.41) is 4.09. The van der Waals surface area contributed by atoms with Crippen LogP contribution in [0.2, 0.25) is 10.0 Å². The van der Waals surface area contributed by atoms with Gasteiger partial charge in [-0.2, -0.15) is 0 Å². The quantitative estimate of drug-likeness (QED) is 0.866. The summed E-state index contributed by atoms with van der Waals surface area (Å²) in [6, 6.07) is 15.7. The van der Waals surface area contributed by atoms with Crippen molar-refractivity contribution in [3.63, 3.8) is 0 Å². The second kappa shape index (κ2) is 8.56. The zero-order chi connectivity index (χ0) is 17.6. The fourth-order valence-electron chi connectivity index (χ4n) is 2.92. The Hall–Kier alpha value is -1.75. The van der Waals surface area contributed by atoms with Gasteiger partial charge in [0, 0.05) is 48.5 Å². The fourth-order valence-corrected chi connectivity index (χ4v) is 3.40. The zero-order valence-electron chi connectivity index (χ0n) is 13.9. The van der Waals surface area contributed by atoms with E-state index in [1.54, 1.807) is 12.1 Å². The standard InChI is InChI=1S/C19H21Cl2N3O/c20-16-7-6-15(18(21)12-16)13-22-19(25)14-23-8-10-24(11-9-23)17-4-2-1-3-5-17/h1-7,12H,8-11,13-14H2,(H,22,25). The highest BCUT2D eigenvalue weighted by molar-refractivity contribution is 6.35. The Balaban J connectivity index is 1.43. The van der Waals surface area contributed by atoms with E-state index in [1.807, 2.05) is 12.1 Å². The first-order valence-corrected chi connectivity index (χ1v) is 9.10. The summed E-state index contributed by atoms with van der Waals surface area (Å²) in [7, 11) is 0. The molecule has 2 aromatic rings. The first-order chi connectivity index (χ1) is 12.1. The Bertz CT molecular complexity index is 716. The summed E-state index contributed by atoms with van der Waals surface area (Å²) in [6.07, 6.45) is 0. The maximum absolute atomic E-state index is 12.2. The second-order valence-corrected chi connectivity index (χ2v) is 6.95. The van der Waals surface area contributed by atoms with Gasteiger partial charge in [-0.1, -0.05) is 47.5 Å². The molecule has 3 rings (SSSR count). The summed E-state index contributed by atoms with van der Waals surface area (Å²) in [4.78, 5) is 16.7. The van der Waals surface area contributed by atoms with Gasteiger partial charge in [-0.15, -0.1) is 0 Å². The van der Waals surface area contributed by atoms with E-state index in [0.29, 0.717) is 23.1 Å². The number of carbonyl (C=O) groups excluding carboxylic acids is 1. The van der Waals surface area contributed by atoms with Crippen molar-refractivity contribution in [2.75, 3.05) is 37.6 Å². The van der Waals surface area contributed by atoms with E-state index in [2.05, 4.69) is 39.4 Å². The molecule has 0 aromatic heterocycles. The van der Waals surface area contributed by atoms with Crippen LogP contribution >= 0.6 is 23.2 Å². The van der Waals surface area contributed by atoms with Gasteiger partial charge in [-0.3, -0.25) is 9.69 Å². The molecule has 1 fully saturated rings. The minimum Gasteiger partial charge on any atom is -0.369 e. The number of amides is 1. The molecule has 0 bridgehead atoms. The van der Waals surface area contributed by atoms with E-state index in [-0.39, 0.29) is 5.91 Å². The zero-order valence-corrected chi connectivity index (χ0v) is 15.4. The van der Waals surface area contributed by atoms with E-state index >= 15 is 0 Å². The number of nitrogens with one attached hydrogen (secondary N) is 1. The monoisotopic (exact) mass is 377 g/mol. The lowest BCUT2D eigenvalue weighted by Gasteiger charge is -2.35. The molecular formula is C19H21Cl2N3O. The number of halogens is 2. The lowest BCUT2D eigenvalue weighted by molar-refractivity contribution is -0.122. The van der Waals surface area contributed by atoms with Crippen LogP contribution in [-0.4, -0.2) is 43.5 Å². The molecule has 6 heteroatoms. The predicted molar refractivity (Wildman–Crippen MR) is 103 cm³/mol. The molecule has 1 aliphatic heterocycles. The molecule has 0 radical (unpaired) electrons. The van der Waals surface area contributed by atoms with Crippen LogP contribution in [0.4, 0.5) is 5.69 Å². The van der Waals surface area contributed by atoms with Crippen molar-refractivity contribution in [3.8, 4) is 0 Å². The van der Waals surface area contributed by atoms with Gasteiger partial charge in [0.25, 0.3) is 0 Å². The lowest BCUT2D eigenvalue weighted by atomic mass is 10.2. The van der Waals surface area contributed by atoms with Crippen molar-refractivity contribution in [3.05, 3.63) is 64.1 Å². The van der Waals surface area contributed by atoms with E-state index in [0.717, 1.165) is 31.7 Å². The average Bonchev–Trinajstić information content (AvgIpc) is 2.62. The molecule has 4 nitrogen and oxygen atoms in total. The van der Waals surface area contributed by atoms with Gasteiger partial charge >= 0.3 is 0 Å². The summed E-state index contributed by atoms with van der Waals surface area (Å²) in [6.45, 7) is 4.45. The van der Waals surface area contributed by atoms with Crippen LogP contribution in [0.25, 0.3) is 0 Å². The molecule has 1 heterocycles. The molecule has 0 saturated carbocycles. The van der Waals surface area contributed by atoms with Crippen molar-refractivity contribution < 1.29 is 4.79 Å². The summed E-state index contributed by atoms with van der Waals surface area (Å²) < 4.78 is 0. The average molecular weight is 378 g/mol. The minimum atomic E-state index is 0.0131. The van der Waals surface area contributed by atoms with E-state index in [9.17, 15) is 4.79 Å². The highest BCUT2D eigenvalue weighted by atomic mass is 35.5. The number of hydrogen-bond donors (Lipinski definition) is 1. The number of piperazine rings is 1. The molecule has 0 unspecified atom stereocenters. The van der Waals surface area contributed by atoms with E-state index < -0.39 is 0 Å². The SMILES string of the molecule is O=C(CN1CCN(c2ccccc2)CC1)NCc1ccc(Cl)cc1Cl. The lowest BCUT2D eigenvalue weighted by Crippen LogP contribution is -2.49. The first-order valence-electron chi connectivity index (χ1n) is 8.35. The summed E-state index contributed by atoms with van der Waals surface area (Å²) in [5.74, 6) is 0.0131. The van der Waals surface area contributed by atoms with Gasteiger partial charge in [-0.25, -0.2) is 0 Å². The summed E-state index contributed by atoms with van der Waals surface area (Å²) in [5.41, 5.74) is 2.11. The molecule has 1 aliphatic rings. The number of anilines is 1. The topological polar surface area (TPSA) is 35.6 Å². The number of carbonyl (C=O) groups is 1. The molecule has 0 atom stereocenters. The van der Waals surface area contributed by atoms with Crippen LogP contribution in [0, 0.1) is 0 Å². The first kappa shape index (κ1) is 18.1. The number of benzene rings is 2. The highest BCUT2D eigenvalue weighted by Crippen LogP contribution is 2.20. The van der Waals surface area contributed by atoms with Gasteiger partial charge < -0.3 is 10.2 Å². The molecule has 0 spiro atoms. The predicted octanol–water partition coefficient (Wildman–Crippen LogP) is 3.43. The molecule has 1 saturated heterocycles. The normalized spacial score (nSPS) is 15.2. The molecule has 2 aromatic carbocycles. The minimum absolute atomic E-state index is 0.0131. The molecular weight excluding hydrogens is 357 g/mol. The molecule has 0 aliphatic carbocycles. The number of rotatable bonds is 5. The highest BCUT2D eigenvalue weighted by Gasteiger charge is 2.19. The van der Waals surface area contributed by atoms with Gasteiger partial charge in [0.1, 0.15) is 0 Å². The van der Waals surface area contributed by atoms with Gasteiger partial charge in [-0.05, 0) is 29.8 Å². The van der Waals surface area contributed by atoms with E-state index in [1.165, 1.54) is 5.69 Å². The van der Waals surface area contributed by atoms with Crippen LogP contribution in [0.1, 0.15) is 5.56 Å². The third-order valence-electron chi connectivity index (χ3n) is 4.35. The molecule has 1 amide bonds. The van der Waals surface area contributed by atoms with Crippen LogP contribution in [0.5, 0.6) is 0 Å². The smallest absolute Gasteiger partial charge is 0.234 e. The van der Waals surface area contributed by atoms with Crippen molar-refractivity contribution >= 4 is 34.8 Å². The van der Waals surface area contributed by atoms with Crippen LogP contribution in [0.15, 0.2) is 48.5 Å². The van der Waals surface area contributed by atoms with Gasteiger partial charge in [0.15, 0.2) is 0 Å². The van der Waals surface area contributed by atoms with Crippen molar-refractivity contribution in [1.82, 2.24) is 10.2 Å². The van der Waals surface area contributed by atoms with Gasteiger partial charge in [0.05, 0.1) is 6.54 Å². The van der Waals surface area contributed by atoms with Crippen molar-refractivity contribution in [2.45, 2.75) is 6.54 Å². The Kier molecular flexibility index (Phi) is 6.19. The van der Waals surface area contributed by atoms with Crippen LogP contribution in [-0.2, 0) is 11.3 Å². The number of para-hydroxylation sites is 1. The third-order valence-corrected chi connectivity index (χ3v) is 4.94. The maximum atomic E-state index is 12.2. The van der Waals surface area contributed by atoms with Gasteiger partial charge in [0.2, 0.25) is 5.91 Å². The number of nitrogens with zero attached hydrogens (tertiary/aromatic N) is 2. The molecule has 25 heavy (non-hydrogen) atoms. The number of hydrogen-bond acceptors (Lipinski definition) is 3.